The van der Waals surface area contributed by atoms with Crippen molar-refractivity contribution in [2.24, 2.45) is 0 Å². The number of rotatable bonds is 5. The molecule has 6 heteroatoms. The van der Waals surface area contributed by atoms with Crippen LogP contribution >= 0.6 is 15.9 Å². The number of nitrogens with zero attached hydrogens (tertiary/aromatic N) is 2. The number of amides is 1. The second-order valence-electron chi connectivity index (χ2n) is 5.52. The zero-order chi connectivity index (χ0) is 17.6. The van der Waals surface area contributed by atoms with Gasteiger partial charge in [0.15, 0.2) is 0 Å². The van der Waals surface area contributed by atoms with Crippen LogP contribution in [0.15, 0.2) is 65.4 Å². The first-order valence-corrected chi connectivity index (χ1v) is 8.58. The molecule has 0 saturated heterocycles. The summed E-state index contributed by atoms with van der Waals surface area (Å²) in [4.78, 5) is 20.5. The Balaban J connectivity index is 1.61. The first-order chi connectivity index (χ1) is 12.1. The van der Waals surface area contributed by atoms with Crippen LogP contribution < -0.4 is 10.6 Å². The van der Waals surface area contributed by atoms with Gasteiger partial charge in [0.05, 0.1) is 24.1 Å². The van der Waals surface area contributed by atoms with E-state index in [0.717, 1.165) is 21.5 Å². The van der Waals surface area contributed by atoms with E-state index in [0.29, 0.717) is 12.2 Å². The summed E-state index contributed by atoms with van der Waals surface area (Å²) in [7, 11) is 0. The Morgan fingerprint density at radius 3 is 2.60 bits per heavy atom. The monoisotopic (exact) mass is 396 g/mol. The van der Waals surface area contributed by atoms with Crippen LogP contribution in [0.25, 0.3) is 0 Å². The molecule has 0 spiro atoms. The summed E-state index contributed by atoms with van der Waals surface area (Å²) in [6, 6.07) is 15.1. The molecule has 0 fully saturated rings. The predicted molar refractivity (Wildman–Crippen MR) is 102 cm³/mol. The lowest BCUT2D eigenvalue weighted by Gasteiger charge is -2.09. The molecule has 25 heavy (non-hydrogen) atoms. The molecule has 0 saturated carbocycles. The summed E-state index contributed by atoms with van der Waals surface area (Å²) in [5, 5.41) is 6.07. The maximum absolute atomic E-state index is 12.1. The van der Waals surface area contributed by atoms with E-state index in [1.54, 1.807) is 18.5 Å². The molecular formula is C19H17BrN4O. The Bertz CT molecular complexity index is 866. The summed E-state index contributed by atoms with van der Waals surface area (Å²) >= 11 is 3.51. The molecule has 1 aromatic carbocycles. The number of carbonyl (C=O) groups excluding carboxylic acids is 1. The summed E-state index contributed by atoms with van der Waals surface area (Å²) in [5.74, 6) is -0.227. The van der Waals surface area contributed by atoms with E-state index in [4.69, 9.17) is 0 Å². The van der Waals surface area contributed by atoms with Gasteiger partial charge in [0.1, 0.15) is 5.69 Å². The highest BCUT2D eigenvalue weighted by Gasteiger charge is 2.07. The second kappa shape index (κ2) is 7.90. The average Bonchev–Trinajstić information content (AvgIpc) is 2.64. The molecule has 3 rings (SSSR count). The van der Waals surface area contributed by atoms with Gasteiger partial charge in [0.2, 0.25) is 0 Å². The van der Waals surface area contributed by atoms with Crippen molar-refractivity contribution in [1.82, 2.24) is 15.3 Å². The first kappa shape index (κ1) is 17.1. The number of hydrogen-bond donors (Lipinski definition) is 2. The van der Waals surface area contributed by atoms with Gasteiger partial charge in [0, 0.05) is 16.4 Å². The number of hydrogen-bond acceptors (Lipinski definition) is 4. The molecule has 5 nitrogen and oxygen atoms in total. The van der Waals surface area contributed by atoms with Gasteiger partial charge in [-0.05, 0) is 48.9 Å². The van der Waals surface area contributed by atoms with Gasteiger partial charge in [0.25, 0.3) is 5.91 Å². The summed E-state index contributed by atoms with van der Waals surface area (Å²) in [5.41, 5.74) is 4.11. The standard InChI is InChI=1S/C19H17BrN4O/c1-13-5-6-14(10-17(13)20)24-16-7-8-18(22-12-16)19(25)23-11-15-4-2-3-9-21-15/h2-10,12,24H,11H2,1H3,(H,23,25). The van der Waals surface area contributed by atoms with Crippen LogP contribution in [0, 0.1) is 6.92 Å². The van der Waals surface area contributed by atoms with Gasteiger partial charge in [-0.1, -0.05) is 28.1 Å². The molecule has 2 N–H and O–H groups in total. The van der Waals surface area contributed by atoms with Crippen LogP contribution in [0.4, 0.5) is 11.4 Å². The van der Waals surface area contributed by atoms with Crippen molar-refractivity contribution in [3.8, 4) is 0 Å². The second-order valence-corrected chi connectivity index (χ2v) is 6.38. The molecular weight excluding hydrogens is 380 g/mol. The van der Waals surface area contributed by atoms with Crippen LogP contribution in [-0.2, 0) is 6.54 Å². The normalized spacial score (nSPS) is 10.3. The van der Waals surface area contributed by atoms with Crippen molar-refractivity contribution in [3.05, 3.63) is 82.3 Å². The molecule has 0 unspecified atom stereocenters. The van der Waals surface area contributed by atoms with E-state index in [1.807, 2.05) is 49.4 Å². The maximum atomic E-state index is 12.1. The van der Waals surface area contributed by atoms with Crippen LogP contribution in [0.5, 0.6) is 0 Å². The van der Waals surface area contributed by atoms with Gasteiger partial charge < -0.3 is 10.6 Å². The number of aromatic nitrogens is 2. The molecule has 2 heterocycles. The van der Waals surface area contributed by atoms with E-state index < -0.39 is 0 Å². The fraction of sp³-hybridized carbons (Fsp3) is 0.105. The zero-order valence-electron chi connectivity index (χ0n) is 13.7. The third-order valence-corrected chi connectivity index (χ3v) is 4.47. The lowest BCUT2D eigenvalue weighted by Crippen LogP contribution is -2.24. The van der Waals surface area contributed by atoms with E-state index in [2.05, 4.69) is 36.5 Å². The van der Waals surface area contributed by atoms with Gasteiger partial charge in [-0.2, -0.15) is 0 Å². The fourth-order valence-corrected chi connectivity index (χ4v) is 2.58. The summed E-state index contributed by atoms with van der Waals surface area (Å²) in [6.07, 6.45) is 3.34. The third kappa shape index (κ3) is 4.64. The van der Waals surface area contributed by atoms with Crippen molar-refractivity contribution in [2.45, 2.75) is 13.5 Å². The number of benzene rings is 1. The molecule has 126 valence electrons. The number of carbonyl (C=O) groups is 1. The maximum Gasteiger partial charge on any atom is 0.270 e. The van der Waals surface area contributed by atoms with Crippen LogP contribution in [-0.4, -0.2) is 15.9 Å². The van der Waals surface area contributed by atoms with Crippen molar-refractivity contribution >= 4 is 33.2 Å². The summed E-state index contributed by atoms with van der Waals surface area (Å²) < 4.78 is 1.04. The minimum atomic E-state index is -0.227. The largest absolute Gasteiger partial charge is 0.354 e. The first-order valence-electron chi connectivity index (χ1n) is 7.79. The number of pyridine rings is 2. The predicted octanol–water partition coefficient (Wildman–Crippen LogP) is 4.22. The number of halogens is 1. The minimum absolute atomic E-state index is 0.227. The van der Waals surface area contributed by atoms with Crippen molar-refractivity contribution in [1.29, 1.82) is 0 Å². The molecule has 0 bridgehead atoms. The summed E-state index contributed by atoms with van der Waals surface area (Å²) in [6.45, 7) is 2.41. The molecule has 0 aliphatic rings. The molecule has 1 amide bonds. The highest BCUT2D eigenvalue weighted by atomic mass is 79.9. The number of nitrogens with one attached hydrogen (secondary N) is 2. The smallest absolute Gasteiger partial charge is 0.270 e. The third-order valence-electron chi connectivity index (χ3n) is 3.61. The van der Waals surface area contributed by atoms with Crippen molar-refractivity contribution in [3.63, 3.8) is 0 Å². The van der Waals surface area contributed by atoms with Crippen LogP contribution in [0.1, 0.15) is 21.7 Å². The molecule has 3 aromatic rings. The molecule has 2 aromatic heterocycles. The Hall–Kier alpha value is -2.73. The average molecular weight is 397 g/mol. The van der Waals surface area contributed by atoms with Crippen LogP contribution in [0.2, 0.25) is 0 Å². The molecule has 0 aliphatic carbocycles. The van der Waals surface area contributed by atoms with Crippen LogP contribution in [0.3, 0.4) is 0 Å². The van der Waals surface area contributed by atoms with E-state index >= 15 is 0 Å². The van der Waals surface area contributed by atoms with Gasteiger partial charge in [-0.3, -0.25) is 9.78 Å². The lowest BCUT2D eigenvalue weighted by molar-refractivity contribution is 0.0945. The Morgan fingerprint density at radius 2 is 1.92 bits per heavy atom. The van der Waals surface area contributed by atoms with Gasteiger partial charge >= 0.3 is 0 Å². The molecule has 0 atom stereocenters. The van der Waals surface area contributed by atoms with Crippen molar-refractivity contribution in [2.75, 3.05) is 5.32 Å². The van der Waals surface area contributed by atoms with Crippen molar-refractivity contribution < 1.29 is 4.79 Å². The fourth-order valence-electron chi connectivity index (χ4n) is 2.20. The van der Waals surface area contributed by atoms with Gasteiger partial charge in [-0.15, -0.1) is 0 Å². The number of anilines is 2. The highest BCUT2D eigenvalue weighted by molar-refractivity contribution is 9.10. The number of aryl methyl sites for hydroxylation is 1. The Morgan fingerprint density at radius 1 is 1.08 bits per heavy atom. The SMILES string of the molecule is Cc1ccc(Nc2ccc(C(=O)NCc3ccccn3)nc2)cc1Br. The minimum Gasteiger partial charge on any atom is -0.354 e. The quantitative estimate of drug-likeness (QED) is 0.677. The topological polar surface area (TPSA) is 66.9 Å². The van der Waals surface area contributed by atoms with E-state index in [9.17, 15) is 4.79 Å². The Kier molecular flexibility index (Phi) is 5.40. The highest BCUT2D eigenvalue weighted by Crippen LogP contribution is 2.23. The molecule has 0 aliphatic heterocycles. The van der Waals surface area contributed by atoms with Gasteiger partial charge in [-0.25, -0.2) is 4.98 Å². The zero-order valence-corrected chi connectivity index (χ0v) is 15.2. The lowest BCUT2D eigenvalue weighted by atomic mass is 10.2. The van der Waals surface area contributed by atoms with E-state index in [-0.39, 0.29) is 5.91 Å². The van der Waals surface area contributed by atoms with E-state index in [1.165, 1.54) is 5.56 Å². The molecule has 0 radical (unpaired) electrons. The Labute approximate surface area is 154 Å².